The topological polar surface area (TPSA) is 46.9 Å². The van der Waals surface area contributed by atoms with Crippen molar-refractivity contribution >= 4 is 29.3 Å². The van der Waals surface area contributed by atoms with Gasteiger partial charge in [-0.25, -0.2) is 4.68 Å². The Labute approximate surface area is 156 Å². The zero-order valence-corrected chi connectivity index (χ0v) is 15.1. The predicted octanol–water partition coefficient (Wildman–Crippen LogP) is 3.98. The molecule has 1 heterocycles. The summed E-state index contributed by atoms with van der Waals surface area (Å²) < 4.78 is 1.84. The first-order valence-electron chi connectivity index (χ1n) is 7.95. The summed E-state index contributed by atoms with van der Waals surface area (Å²) >= 11 is 7.53. The van der Waals surface area contributed by atoms with Gasteiger partial charge in [0.05, 0.1) is 22.7 Å². The number of amides is 1. The summed E-state index contributed by atoms with van der Waals surface area (Å²) in [5.41, 5.74) is 2.11. The van der Waals surface area contributed by atoms with Gasteiger partial charge in [-0.05, 0) is 36.2 Å². The zero-order valence-electron chi connectivity index (χ0n) is 13.6. The van der Waals surface area contributed by atoms with Gasteiger partial charge < -0.3 is 5.32 Å². The Balaban J connectivity index is 1.43. The molecule has 1 N–H and O–H groups in total. The fraction of sp³-hybridized carbons (Fsp3) is 0.158. The third kappa shape index (κ3) is 5.11. The van der Waals surface area contributed by atoms with Gasteiger partial charge in [0.15, 0.2) is 0 Å². The first-order valence-corrected chi connectivity index (χ1v) is 9.32. The maximum absolute atomic E-state index is 11.9. The average molecular weight is 372 g/mol. The van der Waals surface area contributed by atoms with Crippen LogP contribution in [0.1, 0.15) is 5.56 Å². The number of nitrogens with zero attached hydrogens (tertiary/aromatic N) is 2. The fourth-order valence-electron chi connectivity index (χ4n) is 2.31. The van der Waals surface area contributed by atoms with Crippen LogP contribution >= 0.6 is 23.4 Å². The second-order valence-corrected chi connectivity index (χ2v) is 6.87. The number of rotatable bonds is 7. The van der Waals surface area contributed by atoms with Crippen LogP contribution in [-0.4, -0.2) is 28.0 Å². The number of thioether (sulfide) groups is 1. The monoisotopic (exact) mass is 371 g/mol. The van der Waals surface area contributed by atoms with E-state index in [9.17, 15) is 4.79 Å². The third-order valence-corrected chi connectivity index (χ3v) is 5.10. The largest absolute Gasteiger partial charge is 0.355 e. The van der Waals surface area contributed by atoms with E-state index in [1.165, 1.54) is 11.8 Å². The fourth-order valence-corrected chi connectivity index (χ4v) is 3.38. The molecule has 0 saturated carbocycles. The highest BCUT2D eigenvalue weighted by Gasteiger charge is 2.06. The zero-order chi connectivity index (χ0) is 17.5. The van der Waals surface area contributed by atoms with E-state index in [2.05, 4.69) is 10.4 Å². The first-order chi connectivity index (χ1) is 12.2. The van der Waals surface area contributed by atoms with Crippen molar-refractivity contribution in [3.8, 4) is 5.69 Å². The molecule has 6 heteroatoms. The highest BCUT2D eigenvalue weighted by molar-refractivity contribution is 8.00. The van der Waals surface area contributed by atoms with E-state index in [1.54, 1.807) is 0 Å². The lowest BCUT2D eigenvalue weighted by molar-refractivity contribution is -0.118. The van der Waals surface area contributed by atoms with Gasteiger partial charge in [-0.2, -0.15) is 5.10 Å². The molecule has 0 saturated heterocycles. The molecular weight excluding hydrogens is 354 g/mol. The Bertz CT molecular complexity index is 835. The van der Waals surface area contributed by atoms with Gasteiger partial charge in [0.25, 0.3) is 0 Å². The van der Waals surface area contributed by atoms with Crippen LogP contribution in [0.4, 0.5) is 0 Å². The number of para-hydroxylation sites is 1. The van der Waals surface area contributed by atoms with Crippen LogP contribution < -0.4 is 5.32 Å². The molecule has 25 heavy (non-hydrogen) atoms. The van der Waals surface area contributed by atoms with E-state index in [-0.39, 0.29) is 5.91 Å². The van der Waals surface area contributed by atoms with E-state index in [0.29, 0.717) is 17.3 Å². The summed E-state index contributed by atoms with van der Waals surface area (Å²) in [6, 6.07) is 17.5. The van der Waals surface area contributed by atoms with E-state index >= 15 is 0 Å². The summed E-state index contributed by atoms with van der Waals surface area (Å²) in [5, 5.41) is 7.96. The number of nitrogens with one attached hydrogen (secondary N) is 1. The maximum Gasteiger partial charge on any atom is 0.230 e. The molecule has 1 amide bonds. The van der Waals surface area contributed by atoms with Crippen LogP contribution in [0, 0.1) is 0 Å². The Kier molecular flexibility index (Phi) is 6.14. The molecule has 3 rings (SSSR count). The van der Waals surface area contributed by atoms with Crippen molar-refractivity contribution < 1.29 is 4.79 Å². The average Bonchev–Trinajstić information content (AvgIpc) is 3.11. The van der Waals surface area contributed by atoms with Crippen molar-refractivity contribution in [1.82, 2.24) is 15.1 Å². The lowest BCUT2D eigenvalue weighted by Gasteiger charge is -2.05. The second-order valence-electron chi connectivity index (χ2n) is 5.45. The van der Waals surface area contributed by atoms with Crippen LogP contribution in [0.3, 0.4) is 0 Å². The van der Waals surface area contributed by atoms with Gasteiger partial charge in [-0.1, -0.05) is 41.9 Å². The Morgan fingerprint density at radius 3 is 2.68 bits per heavy atom. The van der Waals surface area contributed by atoms with E-state index < -0.39 is 0 Å². The van der Waals surface area contributed by atoms with Crippen molar-refractivity contribution in [2.24, 2.45) is 0 Å². The normalized spacial score (nSPS) is 10.6. The number of carbonyl (C=O) groups excluding carboxylic acids is 1. The molecule has 128 valence electrons. The molecule has 0 aliphatic carbocycles. The van der Waals surface area contributed by atoms with Gasteiger partial charge >= 0.3 is 0 Å². The Hall–Kier alpha value is -2.24. The molecule has 0 atom stereocenters. The van der Waals surface area contributed by atoms with E-state index in [0.717, 1.165) is 22.6 Å². The van der Waals surface area contributed by atoms with Gasteiger partial charge in [-0.15, -0.1) is 11.8 Å². The molecule has 4 nitrogen and oxygen atoms in total. The van der Waals surface area contributed by atoms with Gasteiger partial charge in [0, 0.05) is 17.6 Å². The lowest BCUT2D eigenvalue weighted by Crippen LogP contribution is -2.27. The second kappa shape index (κ2) is 8.74. The molecule has 0 aliphatic heterocycles. The number of aromatic nitrogens is 2. The van der Waals surface area contributed by atoms with Gasteiger partial charge in [0.2, 0.25) is 5.91 Å². The number of hydrogen-bond donors (Lipinski definition) is 1. The summed E-state index contributed by atoms with van der Waals surface area (Å²) in [5.74, 6) is 0.355. The van der Waals surface area contributed by atoms with E-state index in [4.69, 9.17) is 11.6 Å². The summed E-state index contributed by atoms with van der Waals surface area (Å²) in [6.45, 7) is 0.586. The third-order valence-electron chi connectivity index (χ3n) is 3.59. The number of carbonyl (C=O) groups is 1. The van der Waals surface area contributed by atoms with E-state index in [1.807, 2.05) is 71.7 Å². The SMILES string of the molecule is O=C(CSc1ccccc1Cl)NCCc1cnn(-c2ccccc2)c1. The quantitative estimate of drug-likeness (QED) is 0.639. The molecule has 0 unspecified atom stereocenters. The molecule has 2 aromatic carbocycles. The van der Waals surface area contributed by atoms with Crippen LogP contribution in [0.25, 0.3) is 5.69 Å². The molecule has 3 aromatic rings. The molecule has 1 aromatic heterocycles. The van der Waals surface area contributed by atoms with Gasteiger partial charge in [-0.3, -0.25) is 4.79 Å². The van der Waals surface area contributed by atoms with Crippen LogP contribution in [0.2, 0.25) is 5.02 Å². The van der Waals surface area contributed by atoms with Gasteiger partial charge in [0.1, 0.15) is 0 Å². The first kappa shape index (κ1) is 17.6. The van der Waals surface area contributed by atoms with Crippen molar-refractivity contribution in [3.05, 3.63) is 77.6 Å². The minimum absolute atomic E-state index is 0.000343. The Morgan fingerprint density at radius 2 is 1.88 bits per heavy atom. The van der Waals surface area contributed by atoms with Crippen LogP contribution in [-0.2, 0) is 11.2 Å². The molecule has 0 spiro atoms. The minimum atomic E-state index is 0.000343. The van der Waals surface area contributed by atoms with Crippen molar-refractivity contribution in [2.45, 2.75) is 11.3 Å². The van der Waals surface area contributed by atoms with Crippen molar-refractivity contribution in [2.75, 3.05) is 12.3 Å². The van der Waals surface area contributed by atoms with Crippen molar-refractivity contribution in [1.29, 1.82) is 0 Å². The summed E-state index contributed by atoms with van der Waals surface area (Å²) in [7, 11) is 0. The predicted molar refractivity (Wildman–Crippen MR) is 102 cm³/mol. The molecular formula is C19H18ClN3OS. The molecule has 0 aliphatic rings. The minimum Gasteiger partial charge on any atom is -0.355 e. The highest BCUT2D eigenvalue weighted by atomic mass is 35.5. The summed E-state index contributed by atoms with van der Waals surface area (Å²) in [4.78, 5) is 12.9. The number of benzene rings is 2. The standard InChI is InChI=1S/C19H18ClN3OS/c20-17-8-4-5-9-18(17)25-14-19(24)21-11-10-15-12-22-23(13-15)16-6-2-1-3-7-16/h1-9,12-13H,10-11,14H2,(H,21,24). The van der Waals surface area contributed by atoms with Crippen molar-refractivity contribution in [3.63, 3.8) is 0 Å². The Morgan fingerprint density at radius 1 is 1.12 bits per heavy atom. The smallest absolute Gasteiger partial charge is 0.230 e. The molecule has 0 bridgehead atoms. The van der Waals surface area contributed by atoms with Crippen LogP contribution in [0.5, 0.6) is 0 Å². The highest BCUT2D eigenvalue weighted by Crippen LogP contribution is 2.26. The summed E-state index contributed by atoms with van der Waals surface area (Å²) in [6.07, 6.45) is 4.56. The number of halogens is 1. The lowest BCUT2D eigenvalue weighted by atomic mass is 10.2. The maximum atomic E-state index is 11.9. The number of hydrogen-bond acceptors (Lipinski definition) is 3. The van der Waals surface area contributed by atoms with Crippen LogP contribution in [0.15, 0.2) is 71.9 Å². The molecule has 0 fully saturated rings. The molecule has 0 radical (unpaired) electrons.